The third-order valence-corrected chi connectivity index (χ3v) is 2.80. The molecule has 4 nitrogen and oxygen atoms in total. The van der Waals surface area contributed by atoms with Crippen LogP contribution >= 0.6 is 0 Å². The summed E-state index contributed by atoms with van der Waals surface area (Å²) in [5.41, 5.74) is 0.830. The Balaban J connectivity index is 2.95. The summed E-state index contributed by atoms with van der Waals surface area (Å²) in [4.78, 5) is 17.0. The van der Waals surface area contributed by atoms with Crippen molar-refractivity contribution in [1.82, 2.24) is 9.88 Å². The molecule has 1 heterocycles. The third-order valence-electron chi connectivity index (χ3n) is 2.80. The number of carbonyl (C=O) groups is 1. The molecule has 0 bridgehead atoms. The van der Waals surface area contributed by atoms with Gasteiger partial charge in [0.25, 0.3) is 0 Å². The molecule has 1 aromatic rings. The van der Waals surface area contributed by atoms with E-state index in [0.29, 0.717) is 0 Å². The largest absolute Gasteiger partial charge is 0.480 e. The number of pyridine rings is 1. The summed E-state index contributed by atoms with van der Waals surface area (Å²) in [5.74, 6) is -0.810. The number of aromatic nitrogens is 1. The molecular formula is C13H20N2O2. The first-order valence-corrected chi connectivity index (χ1v) is 5.71. The van der Waals surface area contributed by atoms with E-state index in [1.165, 1.54) is 0 Å². The molecule has 17 heavy (non-hydrogen) atoms. The Morgan fingerprint density at radius 2 is 2.18 bits per heavy atom. The highest BCUT2D eigenvalue weighted by atomic mass is 16.4. The zero-order valence-electron chi connectivity index (χ0n) is 10.8. The molecule has 1 N–H and O–H groups in total. The Bertz CT molecular complexity index is 371. The second kappa shape index (κ2) is 5.27. The quantitative estimate of drug-likeness (QED) is 0.871. The summed E-state index contributed by atoms with van der Waals surface area (Å²) >= 11 is 0. The van der Waals surface area contributed by atoms with Crippen molar-refractivity contribution in [2.75, 3.05) is 6.54 Å². The molecule has 0 fully saturated rings. The van der Waals surface area contributed by atoms with Gasteiger partial charge in [-0.05, 0) is 39.3 Å². The first-order valence-electron chi connectivity index (χ1n) is 5.71. The van der Waals surface area contributed by atoms with Gasteiger partial charge < -0.3 is 5.11 Å². The van der Waals surface area contributed by atoms with E-state index in [1.54, 1.807) is 12.4 Å². The molecule has 0 radical (unpaired) electrons. The molecule has 0 spiro atoms. The van der Waals surface area contributed by atoms with Crippen molar-refractivity contribution >= 4 is 5.97 Å². The van der Waals surface area contributed by atoms with Gasteiger partial charge in [-0.25, -0.2) is 0 Å². The molecule has 0 aromatic carbocycles. The highest BCUT2D eigenvalue weighted by Gasteiger charge is 2.28. The molecule has 0 amide bonds. The van der Waals surface area contributed by atoms with Crippen LogP contribution in [-0.4, -0.2) is 33.0 Å². The first kappa shape index (κ1) is 13.6. The zero-order chi connectivity index (χ0) is 13.1. The average molecular weight is 236 g/mol. The lowest BCUT2D eigenvalue weighted by Crippen LogP contribution is -2.45. The molecule has 1 atom stereocenters. The van der Waals surface area contributed by atoms with Gasteiger partial charge in [-0.2, -0.15) is 0 Å². The number of carboxylic acids is 1. The molecule has 1 unspecified atom stereocenters. The van der Waals surface area contributed by atoms with Gasteiger partial charge in [-0.1, -0.05) is 6.07 Å². The van der Waals surface area contributed by atoms with Crippen LogP contribution in [-0.2, 0) is 4.79 Å². The van der Waals surface area contributed by atoms with Crippen LogP contribution in [0.15, 0.2) is 24.5 Å². The van der Waals surface area contributed by atoms with Crippen molar-refractivity contribution in [1.29, 1.82) is 0 Å². The summed E-state index contributed by atoms with van der Waals surface area (Å²) in [6.07, 6.45) is 3.50. The Labute approximate surface area is 102 Å². The number of aliphatic carboxylic acids is 1. The lowest BCUT2D eigenvalue weighted by atomic mass is 10.00. The maximum Gasteiger partial charge on any atom is 0.317 e. The van der Waals surface area contributed by atoms with E-state index >= 15 is 0 Å². The minimum atomic E-state index is -0.810. The number of nitrogens with zero attached hydrogens (tertiary/aromatic N) is 2. The van der Waals surface area contributed by atoms with E-state index in [0.717, 1.165) is 5.56 Å². The van der Waals surface area contributed by atoms with Crippen molar-refractivity contribution in [2.45, 2.75) is 39.3 Å². The molecular weight excluding hydrogens is 216 g/mol. The lowest BCUT2D eigenvalue weighted by Gasteiger charge is -2.39. The van der Waals surface area contributed by atoms with Gasteiger partial charge in [0.1, 0.15) is 0 Å². The fourth-order valence-corrected chi connectivity index (χ4v) is 1.90. The van der Waals surface area contributed by atoms with E-state index < -0.39 is 5.97 Å². The van der Waals surface area contributed by atoms with Crippen LogP contribution in [0.2, 0.25) is 0 Å². The predicted octanol–water partition coefficient (Wildman–Crippen LogP) is 2.33. The van der Waals surface area contributed by atoms with Gasteiger partial charge in [0, 0.05) is 24.0 Å². The Morgan fingerprint density at radius 1 is 1.53 bits per heavy atom. The van der Waals surface area contributed by atoms with Crippen molar-refractivity contribution in [3.05, 3.63) is 30.1 Å². The Morgan fingerprint density at radius 3 is 2.59 bits per heavy atom. The Hall–Kier alpha value is -1.42. The molecule has 0 aliphatic heterocycles. The van der Waals surface area contributed by atoms with Crippen LogP contribution in [0, 0.1) is 0 Å². The van der Waals surface area contributed by atoms with Gasteiger partial charge in [0.15, 0.2) is 0 Å². The van der Waals surface area contributed by atoms with Crippen LogP contribution in [0.25, 0.3) is 0 Å². The zero-order valence-corrected chi connectivity index (χ0v) is 10.8. The van der Waals surface area contributed by atoms with Crippen LogP contribution in [0.4, 0.5) is 0 Å². The van der Waals surface area contributed by atoms with Crippen LogP contribution in [0.1, 0.15) is 39.3 Å². The molecule has 94 valence electrons. The summed E-state index contributed by atoms with van der Waals surface area (Å²) in [6, 6.07) is 3.87. The van der Waals surface area contributed by atoms with E-state index in [9.17, 15) is 4.79 Å². The van der Waals surface area contributed by atoms with Crippen molar-refractivity contribution in [3.63, 3.8) is 0 Å². The molecule has 0 aliphatic carbocycles. The summed E-state index contributed by atoms with van der Waals surface area (Å²) < 4.78 is 0. The maximum atomic E-state index is 10.9. The predicted molar refractivity (Wildman–Crippen MR) is 66.7 cm³/mol. The highest BCUT2D eigenvalue weighted by molar-refractivity contribution is 5.69. The summed E-state index contributed by atoms with van der Waals surface area (Å²) in [7, 11) is 0. The van der Waals surface area contributed by atoms with E-state index in [-0.39, 0.29) is 18.1 Å². The minimum absolute atomic E-state index is 0.0273. The second-order valence-electron chi connectivity index (χ2n) is 5.15. The third kappa shape index (κ3) is 3.82. The number of carboxylic acid groups (broad SMARTS) is 1. The standard InChI is InChI=1S/C13H20N2O2/c1-10(11-6-5-7-14-8-11)15(9-12(16)17)13(2,3)4/h5-8,10H,9H2,1-4H3,(H,16,17). The Kier molecular flexibility index (Phi) is 4.23. The fourth-order valence-electron chi connectivity index (χ4n) is 1.90. The van der Waals surface area contributed by atoms with Crippen LogP contribution in [0.3, 0.4) is 0 Å². The second-order valence-corrected chi connectivity index (χ2v) is 5.15. The van der Waals surface area contributed by atoms with Gasteiger partial charge >= 0.3 is 5.97 Å². The first-order chi connectivity index (χ1) is 7.82. The fraction of sp³-hybridized carbons (Fsp3) is 0.538. The number of hydrogen-bond donors (Lipinski definition) is 1. The normalized spacial score (nSPS) is 13.7. The van der Waals surface area contributed by atoms with Gasteiger partial charge in [0.05, 0.1) is 6.54 Å². The smallest absolute Gasteiger partial charge is 0.317 e. The van der Waals surface area contributed by atoms with Gasteiger partial charge in [-0.15, -0.1) is 0 Å². The average Bonchev–Trinajstić information content (AvgIpc) is 2.24. The monoisotopic (exact) mass is 236 g/mol. The number of rotatable bonds is 4. The molecule has 0 saturated heterocycles. The lowest BCUT2D eigenvalue weighted by molar-refractivity contribution is -0.140. The van der Waals surface area contributed by atoms with Gasteiger partial charge in [0.2, 0.25) is 0 Å². The number of hydrogen-bond acceptors (Lipinski definition) is 3. The minimum Gasteiger partial charge on any atom is -0.480 e. The highest BCUT2D eigenvalue weighted by Crippen LogP contribution is 2.26. The molecule has 1 aromatic heterocycles. The van der Waals surface area contributed by atoms with Gasteiger partial charge in [-0.3, -0.25) is 14.7 Å². The molecule has 0 aliphatic rings. The van der Waals surface area contributed by atoms with Crippen LogP contribution in [0.5, 0.6) is 0 Å². The maximum absolute atomic E-state index is 10.9. The van der Waals surface area contributed by atoms with Crippen LogP contribution < -0.4 is 0 Å². The van der Waals surface area contributed by atoms with Crippen molar-refractivity contribution in [2.24, 2.45) is 0 Å². The SMILES string of the molecule is CC(c1cccnc1)N(CC(=O)O)C(C)(C)C. The van der Waals surface area contributed by atoms with E-state index in [2.05, 4.69) is 4.98 Å². The molecule has 0 saturated carbocycles. The molecule has 4 heteroatoms. The van der Waals surface area contributed by atoms with Crippen molar-refractivity contribution < 1.29 is 9.90 Å². The van der Waals surface area contributed by atoms with Crippen molar-refractivity contribution in [3.8, 4) is 0 Å². The molecule has 1 rings (SSSR count). The van der Waals surface area contributed by atoms with E-state index in [1.807, 2.05) is 44.7 Å². The summed E-state index contributed by atoms with van der Waals surface area (Å²) in [5, 5.41) is 8.99. The topological polar surface area (TPSA) is 53.4 Å². The van der Waals surface area contributed by atoms with E-state index in [4.69, 9.17) is 5.11 Å². The summed E-state index contributed by atoms with van der Waals surface area (Å²) in [6.45, 7) is 8.08.